The summed E-state index contributed by atoms with van der Waals surface area (Å²) in [6.45, 7) is 6.13. The Balaban J connectivity index is 2.10. The minimum absolute atomic E-state index is 0.818. The maximum absolute atomic E-state index is 5.96. The third kappa shape index (κ3) is 4.83. The van der Waals surface area contributed by atoms with Gasteiger partial charge in [-0.15, -0.1) is 0 Å². The fraction of sp³-hybridized carbons (Fsp3) is 0.294. The van der Waals surface area contributed by atoms with Crippen LogP contribution in [0.2, 0.25) is 0 Å². The van der Waals surface area contributed by atoms with Gasteiger partial charge in [0.05, 0.1) is 8.95 Å². The van der Waals surface area contributed by atoms with Crippen LogP contribution in [0.3, 0.4) is 0 Å². The number of hydrogen-bond acceptors (Lipinski definition) is 2. The van der Waals surface area contributed by atoms with Crippen LogP contribution in [0, 0.1) is 6.92 Å². The second-order valence-corrected chi connectivity index (χ2v) is 6.69. The van der Waals surface area contributed by atoms with Gasteiger partial charge in [-0.1, -0.05) is 19.1 Å². The van der Waals surface area contributed by atoms with E-state index in [1.807, 2.05) is 24.3 Å². The van der Waals surface area contributed by atoms with E-state index >= 15 is 0 Å². The molecule has 112 valence electrons. The van der Waals surface area contributed by atoms with Crippen molar-refractivity contribution in [2.75, 3.05) is 6.54 Å². The van der Waals surface area contributed by atoms with E-state index in [4.69, 9.17) is 4.74 Å². The van der Waals surface area contributed by atoms with Crippen molar-refractivity contribution in [1.29, 1.82) is 0 Å². The highest BCUT2D eigenvalue weighted by Crippen LogP contribution is 2.34. The molecule has 0 fully saturated rings. The third-order valence-electron chi connectivity index (χ3n) is 3.06. The van der Waals surface area contributed by atoms with Crippen LogP contribution in [-0.4, -0.2) is 6.54 Å². The van der Waals surface area contributed by atoms with Crippen molar-refractivity contribution in [2.24, 2.45) is 0 Å². The van der Waals surface area contributed by atoms with Gasteiger partial charge in [-0.2, -0.15) is 0 Å². The number of nitrogens with one attached hydrogen (secondary N) is 1. The van der Waals surface area contributed by atoms with Gasteiger partial charge < -0.3 is 10.1 Å². The summed E-state index contributed by atoms with van der Waals surface area (Å²) in [5.74, 6) is 1.64. The van der Waals surface area contributed by atoms with E-state index in [1.54, 1.807) is 0 Å². The molecule has 0 spiro atoms. The average Bonchev–Trinajstić information content (AvgIpc) is 2.44. The van der Waals surface area contributed by atoms with E-state index in [2.05, 4.69) is 63.2 Å². The monoisotopic (exact) mass is 411 g/mol. The average molecular weight is 413 g/mol. The van der Waals surface area contributed by atoms with Crippen molar-refractivity contribution in [3.05, 3.63) is 56.5 Å². The highest BCUT2D eigenvalue weighted by molar-refractivity contribution is 9.11. The molecule has 0 amide bonds. The molecule has 0 atom stereocenters. The van der Waals surface area contributed by atoms with E-state index < -0.39 is 0 Å². The molecule has 4 heteroatoms. The smallest absolute Gasteiger partial charge is 0.141 e. The van der Waals surface area contributed by atoms with Crippen LogP contribution < -0.4 is 10.1 Å². The number of benzene rings is 2. The Bertz CT molecular complexity index is 614. The molecule has 0 bridgehead atoms. The molecule has 21 heavy (non-hydrogen) atoms. The SMILES string of the molecule is CCCNCc1ccc(Oc2ccc(C)cc2Br)c(Br)c1. The molecule has 0 aliphatic carbocycles. The van der Waals surface area contributed by atoms with E-state index in [0.717, 1.165) is 40.0 Å². The van der Waals surface area contributed by atoms with Gasteiger partial charge in [0.2, 0.25) is 0 Å². The zero-order valence-electron chi connectivity index (χ0n) is 12.2. The van der Waals surface area contributed by atoms with Crippen LogP contribution in [0.25, 0.3) is 0 Å². The van der Waals surface area contributed by atoms with Crippen LogP contribution in [0.15, 0.2) is 45.3 Å². The quantitative estimate of drug-likeness (QED) is 0.604. The first-order valence-electron chi connectivity index (χ1n) is 7.03. The van der Waals surface area contributed by atoms with Crippen molar-refractivity contribution in [3.8, 4) is 11.5 Å². The minimum atomic E-state index is 0.818. The second-order valence-electron chi connectivity index (χ2n) is 4.98. The molecule has 0 aromatic heterocycles. The highest BCUT2D eigenvalue weighted by Gasteiger charge is 2.07. The maximum atomic E-state index is 5.96. The molecule has 0 heterocycles. The lowest BCUT2D eigenvalue weighted by atomic mass is 10.2. The molecular formula is C17H19Br2NO. The predicted octanol–water partition coefficient (Wildman–Crippen LogP) is 5.81. The first-order valence-corrected chi connectivity index (χ1v) is 8.62. The summed E-state index contributed by atoms with van der Waals surface area (Å²) in [7, 11) is 0. The second kappa shape index (κ2) is 7.97. The molecule has 0 radical (unpaired) electrons. The Kier molecular flexibility index (Phi) is 6.27. The highest BCUT2D eigenvalue weighted by atomic mass is 79.9. The molecule has 2 aromatic rings. The molecule has 0 saturated heterocycles. The number of aryl methyl sites for hydroxylation is 1. The molecule has 0 aliphatic heterocycles. The molecule has 0 unspecified atom stereocenters. The molecule has 2 nitrogen and oxygen atoms in total. The molecular weight excluding hydrogens is 394 g/mol. The molecule has 2 rings (SSSR count). The van der Waals surface area contributed by atoms with E-state index in [0.29, 0.717) is 0 Å². The number of halogens is 2. The van der Waals surface area contributed by atoms with Crippen LogP contribution >= 0.6 is 31.9 Å². The van der Waals surface area contributed by atoms with Crippen molar-refractivity contribution in [1.82, 2.24) is 5.32 Å². The van der Waals surface area contributed by atoms with E-state index in [1.165, 1.54) is 11.1 Å². The third-order valence-corrected chi connectivity index (χ3v) is 4.30. The van der Waals surface area contributed by atoms with Gasteiger partial charge in [-0.05, 0) is 87.1 Å². The van der Waals surface area contributed by atoms with Gasteiger partial charge in [0, 0.05) is 6.54 Å². The first kappa shape index (κ1) is 16.5. The van der Waals surface area contributed by atoms with Crippen LogP contribution in [0.1, 0.15) is 24.5 Å². The number of rotatable bonds is 6. The largest absolute Gasteiger partial charge is 0.455 e. The lowest BCUT2D eigenvalue weighted by Crippen LogP contribution is -2.13. The van der Waals surface area contributed by atoms with Gasteiger partial charge >= 0.3 is 0 Å². The zero-order valence-corrected chi connectivity index (χ0v) is 15.4. The van der Waals surface area contributed by atoms with E-state index in [9.17, 15) is 0 Å². The van der Waals surface area contributed by atoms with Crippen LogP contribution in [0.4, 0.5) is 0 Å². The zero-order chi connectivity index (χ0) is 15.2. The predicted molar refractivity (Wildman–Crippen MR) is 95.1 cm³/mol. The van der Waals surface area contributed by atoms with Gasteiger partial charge in [-0.25, -0.2) is 0 Å². The Morgan fingerprint density at radius 2 is 1.67 bits per heavy atom. The van der Waals surface area contributed by atoms with Gasteiger partial charge in [-0.3, -0.25) is 0 Å². The lowest BCUT2D eigenvalue weighted by molar-refractivity contribution is 0.476. The van der Waals surface area contributed by atoms with Crippen molar-refractivity contribution < 1.29 is 4.74 Å². The standard InChI is InChI=1S/C17H19Br2NO/c1-3-8-20-11-13-5-7-17(15(19)10-13)21-16-6-4-12(2)9-14(16)18/h4-7,9-10,20H,3,8,11H2,1-2H3. The summed E-state index contributed by atoms with van der Waals surface area (Å²) in [5, 5.41) is 3.39. The summed E-state index contributed by atoms with van der Waals surface area (Å²) >= 11 is 7.12. The lowest BCUT2D eigenvalue weighted by Gasteiger charge is -2.11. The first-order chi connectivity index (χ1) is 10.1. The van der Waals surface area contributed by atoms with Crippen molar-refractivity contribution in [2.45, 2.75) is 26.8 Å². The minimum Gasteiger partial charge on any atom is -0.455 e. The van der Waals surface area contributed by atoms with E-state index in [-0.39, 0.29) is 0 Å². The topological polar surface area (TPSA) is 21.3 Å². The van der Waals surface area contributed by atoms with Gasteiger partial charge in [0.25, 0.3) is 0 Å². The molecule has 0 aliphatic rings. The van der Waals surface area contributed by atoms with Crippen molar-refractivity contribution >= 4 is 31.9 Å². The Hall–Kier alpha value is -0.840. The molecule has 2 aromatic carbocycles. The summed E-state index contributed by atoms with van der Waals surface area (Å²) in [6, 6.07) is 12.2. The fourth-order valence-electron chi connectivity index (χ4n) is 1.95. The molecule has 0 saturated carbocycles. The Labute approximate surface area is 143 Å². The Morgan fingerprint density at radius 1 is 1.00 bits per heavy atom. The fourth-order valence-corrected chi connectivity index (χ4v) is 3.04. The summed E-state index contributed by atoms with van der Waals surface area (Å²) in [5.41, 5.74) is 2.44. The summed E-state index contributed by atoms with van der Waals surface area (Å²) in [6.07, 6.45) is 1.14. The summed E-state index contributed by atoms with van der Waals surface area (Å²) in [4.78, 5) is 0. The molecule has 1 N–H and O–H groups in total. The van der Waals surface area contributed by atoms with Gasteiger partial charge in [0.15, 0.2) is 0 Å². The van der Waals surface area contributed by atoms with Crippen LogP contribution in [0.5, 0.6) is 11.5 Å². The maximum Gasteiger partial charge on any atom is 0.141 e. The number of ether oxygens (including phenoxy) is 1. The van der Waals surface area contributed by atoms with Crippen molar-refractivity contribution in [3.63, 3.8) is 0 Å². The normalized spacial score (nSPS) is 10.7. The number of hydrogen-bond donors (Lipinski definition) is 1. The van der Waals surface area contributed by atoms with Crippen LogP contribution in [-0.2, 0) is 6.54 Å². The Morgan fingerprint density at radius 3 is 2.29 bits per heavy atom. The summed E-state index contributed by atoms with van der Waals surface area (Å²) < 4.78 is 7.89. The van der Waals surface area contributed by atoms with Gasteiger partial charge in [0.1, 0.15) is 11.5 Å².